The Labute approximate surface area is 95.2 Å². The maximum Gasteiger partial charge on any atom is 0.192 e. The van der Waals surface area contributed by atoms with Gasteiger partial charge in [0.25, 0.3) is 0 Å². The van der Waals surface area contributed by atoms with Crippen LogP contribution in [0.25, 0.3) is 0 Å². The average molecular weight is 216 g/mol. The van der Waals surface area contributed by atoms with E-state index in [-0.39, 0.29) is 5.54 Å². The van der Waals surface area contributed by atoms with Gasteiger partial charge in [-0.25, -0.2) is 0 Å². The zero-order valence-electron chi connectivity index (χ0n) is 9.43. The highest BCUT2D eigenvalue weighted by Gasteiger charge is 2.47. The van der Waals surface area contributed by atoms with E-state index in [0.717, 1.165) is 5.69 Å². The van der Waals surface area contributed by atoms with Crippen molar-refractivity contribution < 1.29 is 0 Å². The van der Waals surface area contributed by atoms with E-state index in [4.69, 9.17) is 5.73 Å². The van der Waals surface area contributed by atoms with Crippen molar-refractivity contribution >= 4 is 5.96 Å². The smallest absolute Gasteiger partial charge is 0.192 e. The van der Waals surface area contributed by atoms with Crippen LogP contribution < -0.4 is 5.73 Å². The topological polar surface area (TPSA) is 54.5 Å². The molecule has 2 N–H and O–H groups in total. The molecule has 1 atom stereocenters. The summed E-state index contributed by atoms with van der Waals surface area (Å²) in [6.45, 7) is 2.89. The van der Waals surface area contributed by atoms with E-state index in [9.17, 15) is 0 Å². The Balaban J connectivity index is 1.99. The van der Waals surface area contributed by atoms with E-state index in [0.29, 0.717) is 18.5 Å². The Kier molecular flexibility index (Phi) is 1.93. The number of guanidine groups is 1. The highest BCUT2D eigenvalue weighted by Crippen LogP contribution is 2.40. The van der Waals surface area contributed by atoms with Crippen molar-refractivity contribution in [2.24, 2.45) is 10.7 Å². The quantitative estimate of drug-likeness (QED) is 0.805. The summed E-state index contributed by atoms with van der Waals surface area (Å²) in [5.41, 5.74) is 6.90. The predicted octanol–water partition coefficient (Wildman–Crippen LogP) is 1.09. The van der Waals surface area contributed by atoms with Gasteiger partial charge in [-0.2, -0.15) is 0 Å². The third kappa shape index (κ3) is 1.29. The molecular formula is C12H16N4. The minimum absolute atomic E-state index is 0.146. The summed E-state index contributed by atoms with van der Waals surface area (Å²) in [6.07, 6.45) is 4.28. The maximum absolute atomic E-state index is 5.98. The lowest BCUT2D eigenvalue weighted by Crippen LogP contribution is -2.49. The molecule has 1 aromatic heterocycles. The van der Waals surface area contributed by atoms with Gasteiger partial charge in [0.2, 0.25) is 0 Å². The molecule has 1 aliphatic carbocycles. The van der Waals surface area contributed by atoms with Gasteiger partial charge >= 0.3 is 0 Å². The third-order valence-electron chi connectivity index (χ3n) is 3.46. The molecule has 3 rings (SSSR count). The normalized spacial score (nSPS) is 29.3. The Hall–Kier alpha value is -1.58. The summed E-state index contributed by atoms with van der Waals surface area (Å²) in [7, 11) is 0. The van der Waals surface area contributed by atoms with Crippen molar-refractivity contribution in [3.63, 3.8) is 0 Å². The Morgan fingerprint density at radius 2 is 2.25 bits per heavy atom. The number of rotatable bonds is 2. The summed E-state index contributed by atoms with van der Waals surface area (Å²) >= 11 is 0. The molecule has 1 aromatic rings. The molecule has 4 nitrogen and oxygen atoms in total. The monoisotopic (exact) mass is 216 g/mol. The highest BCUT2D eigenvalue weighted by molar-refractivity contribution is 5.81. The molecule has 16 heavy (non-hydrogen) atoms. The molecule has 1 fully saturated rings. The first-order chi connectivity index (χ1) is 7.72. The van der Waals surface area contributed by atoms with E-state index in [1.54, 1.807) is 0 Å². The number of aliphatic imine (C=N–C) groups is 1. The van der Waals surface area contributed by atoms with E-state index < -0.39 is 0 Å². The summed E-state index contributed by atoms with van der Waals surface area (Å²) in [6, 6.07) is 6.59. The first-order valence-corrected chi connectivity index (χ1v) is 5.72. The van der Waals surface area contributed by atoms with Crippen molar-refractivity contribution in [1.29, 1.82) is 0 Å². The van der Waals surface area contributed by atoms with Crippen molar-refractivity contribution in [3.05, 3.63) is 30.1 Å². The van der Waals surface area contributed by atoms with Gasteiger partial charge in [-0.3, -0.25) is 9.98 Å². The molecule has 0 saturated heterocycles. The summed E-state index contributed by atoms with van der Waals surface area (Å²) in [5, 5.41) is 0. The van der Waals surface area contributed by atoms with Crippen LogP contribution in [0.4, 0.5) is 0 Å². The van der Waals surface area contributed by atoms with Crippen molar-refractivity contribution in [2.75, 3.05) is 6.54 Å². The number of nitrogens with two attached hydrogens (primary N) is 1. The molecule has 0 amide bonds. The van der Waals surface area contributed by atoms with E-state index in [2.05, 4.69) is 27.9 Å². The fourth-order valence-electron chi connectivity index (χ4n) is 2.45. The van der Waals surface area contributed by atoms with Gasteiger partial charge in [-0.1, -0.05) is 6.07 Å². The zero-order valence-corrected chi connectivity index (χ0v) is 9.43. The van der Waals surface area contributed by atoms with E-state index in [1.165, 1.54) is 12.8 Å². The molecule has 0 radical (unpaired) electrons. The standard InChI is InChI=1S/C12H16N4/c1-12(10-4-2-3-7-14-10)8-15-11(13)16(12)9-5-6-9/h2-4,7,9H,5-6,8H2,1H3,(H2,13,15). The second-order valence-electron chi connectivity index (χ2n) is 4.76. The largest absolute Gasteiger partial charge is 0.370 e. The van der Waals surface area contributed by atoms with Crippen LogP contribution in [0.2, 0.25) is 0 Å². The molecule has 0 aromatic carbocycles. The molecule has 2 heterocycles. The number of nitrogens with zero attached hydrogens (tertiary/aromatic N) is 3. The second-order valence-corrected chi connectivity index (χ2v) is 4.76. The van der Waals surface area contributed by atoms with Crippen LogP contribution in [0.15, 0.2) is 29.4 Å². The Morgan fingerprint density at radius 3 is 2.88 bits per heavy atom. The van der Waals surface area contributed by atoms with Gasteiger partial charge < -0.3 is 10.6 Å². The summed E-state index contributed by atoms with van der Waals surface area (Å²) in [5.74, 6) is 0.677. The lowest BCUT2D eigenvalue weighted by atomic mass is 9.96. The van der Waals surface area contributed by atoms with Crippen LogP contribution in [0.1, 0.15) is 25.5 Å². The first-order valence-electron chi connectivity index (χ1n) is 5.72. The SMILES string of the molecule is CC1(c2ccccn2)CN=C(N)N1C1CC1. The molecule has 0 bridgehead atoms. The first kappa shape index (κ1) is 9.63. The molecule has 1 saturated carbocycles. The highest BCUT2D eigenvalue weighted by atomic mass is 15.4. The fraction of sp³-hybridized carbons (Fsp3) is 0.500. The maximum atomic E-state index is 5.98. The molecule has 2 aliphatic rings. The molecule has 0 spiro atoms. The molecular weight excluding hydrogens is 200 g/mol. The van der Waals surface area contributed by atoms with Crippen molar-refractivity contribution in [1.82, 2.24) is 9.88 Å². The van der Waals surface area contributed by atoms with Crippen molar-refractivity contribution in [3.8, 4) is 0 Å². The van der Waals surface area contributed by atoms with Crippen LogP contribution in [-0.4, -0.2) is 28.4 Å². The van der Waals surface area contributed by atoms with Crippen molar-refractivity contribution in [2.45, 2.75) is 31.3 Å². The summed E-state index contributed by atoms with van der Waals surface area (Å²) < 4.78 is 0. The van der Waals surface area contributed by atoms with E-state index in [1.807, 2.05) is 18.3 Å². The van der Waals surface area contributed by atoms with E-state index >= 15 is 0 Å². The van der Waals surface area contributed by atoms with Crippen LogP contribution in [0.3, 0.4) is 0 Å². The molecule has 4 heteroatoms. The van der Waals surface area contributed by atoms with Gasteiger partial charge in [-0.15, -0.1) is 0 Å². The van der Waals surface area contributed by atoms with Crippen LogP contribution in [-0.2, 0) is 5.54 Å². The van der Waals surface area contributed by atoms with Gasteiger partial charge in [0, 0.05) is 12.2 Å². The Morgan fingerprint density at radius 1 is 1.44 bits per heavy atom. The number of hydrogen-bond acceptors (Lipinski definition) is 4. The van der Waals surface area contributed by atoms with Gasteiger partial charge in [0.1, 0.15) is 5.54 Å². The lowest BCUT2D eigenvalue weighted by Gasteiger charge is -2.35. The van der Waals surface area contributed by atoms with Crippen LogP contribution >= 0.6 is 0 Å². The summed E-state index contributed by atoms with van der Waals surface area (Å²) in [4.78, 5) is 11.1. The van der Waals surface area contributed by atoms with Gasteiger partial charge in [-0.05, 0) is 31.9 Å². The minimum Gasteiger partial charge on any atom is -0.370 e. The number of aromatic nitrogens is 1. The van der Waals surface area contributed by atoms with Gasteiger partial charge in [0.05, 0.1) is 12.2 Å². The minimum atomic E-state index is -0.146. The van der Waals surface area contributed by atoms with Crippen LogP contribution in [0, 0.1) is 0 Å². The Bertz CT molecular complexity index is 424. The molecule has 84 valence electrons. The zero-order chi connectivity index (χ0) is 11.2. The van der Waals surface area contributed by atoms with Gasteiger partial charge in [0.15, 0.2) is 5.96 Å². The lowest BCUT2D eigenvalue weighted by molar-refractivity contribution is 0.210. The average Bonchev–Trinajstić information content (AvgIpc) is 3.08. The molecule has 1 aliphatic heterocycles. The fourth-order valence-corrected chi connectivity index (χ4v) is 2.45. The number of hydrogen-bond donors (Lipinski definition) is 1. The number of pyridine rings is 1. The second kappa shape index (κ2) is 3.20. The van der Waals surface area contributed by atoms with Crippen LogP contribution in [0.5, 0.6) is 0 Å². The predicted molar refractivity (Wildman–Crippen MR) is 62.9 cm³/mol. The molecule has 1 unspecified atom stereocenters. The third-order valence-corrected chi connectivity index (χ3v) is 3.46.